The fourth-order valence-electron chi connectivity index (χ4n) is 2.36. The Morgan fingerprint density at radius 2 is 1.74 bits per heavy atom. The zero-order chi connectivity index (χ0) is 13.1. The molecule has 96 valence electrons. The first-order valence-corrected chi connectivity index (χ1v) is 7.53. The molecule has 2 aromatic carbocycles. The van der Waals surface area contributed by atoms with Crippen LogP contribution in [0.15, 0.2) is 53.9 Å². The smallest absolute Gasteiger partial charge is 0.0415 e. The standard InChI is InChI=1S/C17H17NS/c1-2-13-7-3-5-9-16(13)18-11-14-12-19-17-10-6-4-8-15(14)17/h3-10,12,18H,2,11H2,1H3. The lowest BCUT2D eigenvalue weighted by Gasteiger charge is -2.10. The molecule has 0 amide bonds. The molecule has 0 unspecified atom stereocenters. The second-order valence-corrected chi connectivity index (χ2v) is 5.53. The van der Waals surface area contributed by atoms with E-state index in [1.54, 1.807) is 0 Å². The molecule has 19 heavy (non-hydrogen) atoms. The van der Waals surface area contributed by atoms with Crippen LogP contribution in [-0.4, -0.2) is 0 Å². The molecule has 0 atom stereocenters. The van der Waals surface area contributed by atoms with Crippen LogP contribution >= 0.6 is 11.3 Å². The van der Waals surface area contributed by atoms with E-state index in [0.717, 1.165) is 13.0 Å². The first kappa shape index (κ1) is 12.2. The van der Waals surface area contributed by atoms with Crippen LogP contribution < -0.4 is 5.32 Å². The zero-order valence-corrected chi connectivity index (χ0v) is 11.8. The fraction of sp³-hybridized carbons (Fsp3) is 0.176. The molecular formula is C17H17NS. The van der Waals surface area contributed by atoms with Crippen molar-refractivity contribution in [2.45, 2.75) is 19.9 Å². The minimum absolute atomic E-state index is 0.890. The lowest BCUT2D eigenvalue weighted by atomic mass is 10.1. The summed E-state index contributed by atoms with van der Waals surface area (Å²) in [6.07, 6.45) is 1.06. The van der Waals surface area contributed by atoms with E-state index in [9.17, 15) is 0 Å². The Labute approximate surface area is 117 Å². The number of benzene rings is 2. The minimum atomic E-state index is 0.890. The molecule has 3 aromatic rings. The monoisotopic (exact) mass is 267 g/mol. The van der Waals surface area contributed by atoms with Crippen LogP contribution in [0.1, 0.15) is 18.1 Å². The van der Waals surface area contributed by atoms with E-state index in [1.807, 2.05) is 11.3 Å². The maximum atomic E-state index is 3.57. The average Bonchev–Trinajstić information content (AvgIpc) is 2.89. The summed E-state index contributed by atoms with van der Waals surface area (Å²) < 4.78 is 1.36. The molecule has 1 heterocycles. The Hall–Kier alpha value is -1.80. The molecule has 0 saturated carbocycles. The lowest BCUT2D eigenvalue weighted by molar-refractivity contribution is 1.10. The van der Waals surface area contributed by atoms with E-state index in [4.69, 9.17) is 0 Å². The molecule has 1 N–H and O–H groups in total. The van der Waals surface area contributed by atoms with Crippen LogP contribution in [0.3, 0.4) is 0 Å². The van der Waals surface area contributed by atoms with E-state index < -0.39 is 0 Å². The van der Waals surface area contributed by atoms with Crippen molar-refractivity contribution in [3.8, 4) is 0 Å². The predicted octanol–water partition coefficient (Wildman–Crippen LogP) is 5.08. The number of aryl methyl sites for hydroxylation is 1. The SMILES string of the molecule is CCc1ccccc1NCc1csc2ccccc12. The summed E-state index contributed by atoms with van der Waals surface area (Å²) in [6.45, 7) is 3.08. The van der Waals surface area contributed by atoms with E-state index in [2.05, 4.69) is 66.2 Å². The molecule has 0 spiro atoms. The van der Waals surface area contributed by atoms with E-state index >= 15 is 0 Å². The van der Waals surface area contributed by atoms with Crippen molar-refractivity contribution in [2.24, 2.45) is 0 Å². The Kier molecular flexibility index (Phi) is 3.51. The van der Waals surface area contributed by atoms with Gasteiger partial charge >= 0.3 is 0 Å². The number of anilines is 1. The second kappa shape index (κ2) is 5.45. The van der Waals surface area contributed by atoms with Gasteiger partial charge in [-0.2, -0.15) is 0 Å². The molecule has 0 fully saturated rings. The normalized spacial score (nSPS) is 10.8. The van der Waals surface area contributed by atoms with Gasteiger partial charge in [-0.25, -0.2) is 0 Å². The van der Waals surface area contributed by atoms with E-state index in [-0.39, 0.29) is 0 Å². The molecular weight excluding hydrogens is 250 g/mol. The number of hydrogen-bond acceptors (Lipinski definition) is 2. The Morgan fingerprint density at radius 3 is 2.63 bits per heavy atom. The second-order valence-electron chi connectivity index (χ2n) is 4.62. The summed E-state index contributed by atoms with van der Waals surface area (Å²) in [7, 11) is 0. The third kappa shape index (κ3) is 2.49. The van der Waals surface area contributed by atoms with E-state index in [1.165, 1.54) is 26.9 Å². The lowest BCUT2D eigenvalue weighted by Crippen LogP contribution is -2.01. The predicted molar refractivity (Wildman–Crippen MR) is 85.0 cm³/mol. The molecule has 0 radical (unpaired) electrons. The highest BCUT2D eigenvalue weighted by atomic mass is 32.1. The minimum Gasteiger partial charge on any atom is -0.381 e. The number of para-hydroxylation sites is 1. The van der Waals surface area contributed by atoms with Crippen molar-refractivity contribution < 1.29 is 0 Å². The Morgan fingerprint density at radius 1 is 0.947 bits per heavy atom. The van der Waals surface area contributed by atoms with Gasteiger partial charge in [0.05, 0.1) is 0 Å². The van der Waals surface area contributed by atoms with Crippen LogP contribution in [0.4, 0.5) is 5.69 Å². The van der Waals surface area contributed by atoms with Crippen molar-refractivity contribution in [3.05, 3.63) is 65.0 Å². The topological polar surface area (TPSA) is 12.0 Å². The number of thiophene rings is 1. The Bertz CT molecular complexity index is 684. The highest BCUT2D eigenvalue weighted by Crippen LogP contribution is 2.26. The highest BCUT2D eigenvalue weighted by Gasteiger charge is 2.04. The number of nitrogens with one attached hydrogen (secondary N) is 1. The number of rotatable bonds is 4. The Balaban J connectivity index is 1.82. The largest absolute Gasteiger partial charge is 0.381 e. The highest BCUT2D eigenvalue weighted by molar-refractivity contribution is 7.17. The van der Waals surface area contributed by atoms with Gasteiger partial charge in [0.2, 0.25) is 0 Å². The van der Waals surface area contributed by atoms with Crippen LogP contribution in [0.2, 0.25) is 0 Å². The van der Waals surface area contributed by atoms with Gasteiger partial charge in [-0.05, 0) is 40.4 Å². The van der Waals surface area contributed by atoms with Gasteiger partial charge in [-0.1, -0.05) is 43.3 Å². The van der Waals surface area contributed by atoms with Gasteiger partial charge in [-0.15, -0.1) is 11.3 Å². The average molecular weight is 267 g/mol. The molecule has 0 saturated heterocycles. The number of hydrogen-bond donors (Lipinski definition) is 1. The summed E-state index contributed by atoms with van der Waals surface area (Å²) in [6, 6.07) is 17.1. The van der Waals surface area contributed by atoms with Gasteiger partial charge in [0.25, 0.3) is 0 Å². The summed E-state index contributed by atoms with van der Waals surface area (Å²) >= 11 is 1.82. The third-order valence-corrected chi connectivity index (χ3v) is 4.44. The zero-order valence-electron chi connectivity index (χ0n) is 11.0. The van der Waals surface area contributed by atoms with Crippen LogP contribution in [0.5, 0.6) is 0 Å². The first-order valence-electron chi connectivity index (χ1n) is 6.65. The van der Waals surface area contributed by atoms with Gasteiger partial charge in [0, 0.05) is 16.9 Å². The number of fused-ring (bicyclic) bond motifs is 1. The molecule has 3 rings (SSSR count). The van der Waals surface area contributed by atoms with Crippen molar-refractivity contribution >= 4 is 27.1 Å². The molecule has 1 aromatic heterocycles. The third-order valence-electron chi connectivity index (χ3n) is 3.43. The van der Waals surface area contributed by atoms with Crippen molar-refractivity contribution in [3.63, 3.8) is 0 Å². The molecule has 0 aliphatic heterocycles. The van der Waals surface area contributed by atoms with Gasteiger partial charge in [0.15, 0.2) is 0 Å². The first-order chi connectivity index (χ1) is 9.38. The van der Waals surface area contributed by atoms with Gasteiger partial charge < -0.3 is 5.32 Å². The molecule has 2 heteroatoms. The maximum Gasteiger partial charge on any atom is 0.0415 e. The van der Waals surface area contributed by atoms with Crippen LogP contribution in [-0.2, 0) is 13.0 Å². The summed E-state index contributed by atoms with van der Waals surface area (Å²) in [4.78, 5) is 0. The van der Waals surface area contributed by atoms with Crippen LogP contribution in [0.25, 0.3) is 10.1 Å². The van der Waals surface area contributed by atoms with E-state index in [0.29, 0.717) is 0 Å². The van der Waals surface area contributed by atoms with Gasteiger partial charge in [0.1, 0.15) is 0 Å². The van der Waals surface area contributed by atoms with Crippen LogP contribution in [0, 0.1) is 0 Å². The summed E-state index contributed by atoms with van der Waals surface area (Å²) in [5.74, 6) is 0. The maximum absolute atomic E-state index is 3.57. The quantitative estimate of drug-likeness (QED) is 0.695. The van der Waals surface area contributed by atoms with Crippen molar-refractivity contribution in [1.82, 2.24) is 0 Å². The van der Waals surface area contributed by atoms with Crippen molar-refractivity contribution in [1.29, 1.82) is 0 Å². The van der Waals surface area contributed by atoms with Crippen molar-refractivity contribution in [2.75, 3.05) is 5.32 Å². The molecule has 0 aliphatic rings. The van der Waals surface area contributed by atoms with Gasteiger partial charge in [-0.3, -0.25) is 0 Å². The molecule has 0 bridgehead atoms. The fourth-order valence-corrected chi connectivity index (χ4v) is 3.32. The summed E-state index contributed by atoms with van der Waals surface area (Å²) in [5, 5.41) is 7.19. The molecule has 1 nitrogen and oxygen atoms in total. The molecule has 0 aliphatic carbocycles. The summed E-state index contributed by atoms with van der Waals surface area (Å²) in [5.41, 5.74) is 4.01.